The van der Waals surface area contributed by atoms with Crippen molar-refractivity contribution in [3.8, 4) is 22.6 Å². The second kappa shape index (κ2) is 8.64. The maximum Gasteiger partial charge on any atom is 0.231 e. The lowest BCUT2D eigenvalue weighted by Gasteiger charge is -2.24. The number of rotatable bonds is 7. The Bertz CT molecular complexity index is 955. The van der Waals surface area contributed by atoms with Gasteiger partial charge in [-0.15, -0.1) is 0 Å². The number of benzene rings is 3. The lowest BCUT2D eigenvalue weighted by molar-refractivity contribution is 0.118. The minimum absolute atomic E-state index is 0.234. The molecule has 1 atom stereocenters. The molecule has 29 heavy (non-hydrogen) atoms. The largest absolute Gasteiger partial charge is 0.454 e. The van der Waals surface area contributed by atoms with Gasteiger partial charge in [0, 0.05) is 19.6 Å². The van der Waals surface area contributed by atoms with Crippen molar-refractivity contribution in [2.24, 2.45) is 0 Å². The Morgan fingerprint density at radius 1 is 0.862 bits per heavy atom. The van der Waals surface area contributed by atoms with Crippen molar-refractivity contribution in [1.82, 2.24) is 4.90 Å². The Hall–Kier alpha value is -2.89. The summed E-state index contributed by atoms with van der Waals surface area (Å²) in [6, 6.07) is 20.7. The number of aliphatic hydroxyl groups excluding tert-OH is 1. The first kappa shape index (κ1) is 19.4. The molecule has 0 bridgehead atoms. The Morgan fingerprint density at radius 2 is 1.45 bits per heavy atom. The van der Waals surface area contributed by atoms with Gasteiger partial charge in [0.05, 0.1) is 6.10 Å². The molecule has 0 aromatic heterocycles. The van der Waals surface area contributed by atoms with Crippen LogP contribution < -0.4 is 9.47 Å². The molecule has 0 saturated heterocycles. The molecule has 1 aliphatic rings. The average Bonchev–Trinajstić information content (AvgIpc) is 3.17. The molecule has 4 rings (SSSR count). The van der Waals surface area contributed by atoms with Crippen LogP contribution in [0.1, 0.15) is 18.1 Å². The predicted octanol–water partition coefficient (Wildman–Crippen LogP) is 4.60. The van der Waals surface area contributed by atoms with Gasteiger partial charge in [-0.3, -0.25) is 4.90 Å². The molecule has 1 N–H and O–H groups in total. The number of hydrogen-bond donors (Lipinski definition) is 1. The fourth-order valence-corrected chi connectivity index (χ4v) is 3.56. The number of nitrogens with zero attached hydrogens (tertiary/aromatic N) is 1. The third kappa shape index (κ3) is 4.94. The van der Waals surface area contributed by atoms with Gasteiger partial charge in [-0.1, -0.05) is 42.5 Å². The lowest BCUT2D eigenvalue weighted by Crippen LogP contribution is -2.30. The van der Waals surface area contributed by atoms with Crippen LogP contribution in [0.4, 0.5) is 4.39 Å². The van der Waals surface area contributed by atoms with Crippen molar-refractivity contribution in [2.75, 3.05) is 13.3 Å². The van der Waals surface area contributed by atoms with Crippen LogP contribution in [-0.4, -0.2) is 29.4 Å². The van der Waals surface area contributed by atoms with Gasteiger partial charge in [0.2, 0.25) is 6.79 Å². The number of aliphatic hydroxyl groups is 1. The van der Waals surface area contributed by atoms with Crippen molar-refractivity contribution in [2.45, 2.75) is 26.1 Å². The van der Waals surface area contributed by atoms with Gasteiger partial charge in [-0.25, -0.2) is 4.39 Å². The van der Waals surface area contributed by atoms with Crippen LogP contribution in [0, 0.1) is 5.82 Å². The molecule has 1 aliphatic heterocycles. The van der Waals surface area contributed by atoms with Crippen molar-refractivity contribution in [3.05, 3.63) is 83.7 Å². The van der Waals surface area contributed by atoms with Crippen LogP contribution >= 0.6 is 0 Å². The summed E-state index contributed by atoms with van der Waals surface area (Å²) in [5.41, 5.74) is 4.29. The van der Waals surface area contributed by atoms with Crippen LogP contribution in [0.2, 0.25) is 0 Å². The van der Waals surface area contributed by atoms with Gasteiger partial charge < -0.3 is 14.6 Å². The molecule has 0 aliphatic carbocycles. The van der Waals surface area contributed by atoms with E-state index in [0.717, 1.165) is 33.8 Å². The maximum atomic E-state index is 13.1. The first-order valence-electron chi connectivity index (χ1n) is 9.70. The highest BCUT2D eigenvalue weighted by Crippen LogP contribution is 2.33. The fraction of sp³-hybridized carbons (Fsp3) is 0.250. The predicted molar refractivity (Wildman–Crippen MR) is 110 cm³/mol. The van der Waals surface area contributed by atoms with Crippen molar-refractivity contribution >= 4 is 0 Å². The zero-order valence-corrected chi connectivity index (χ0v) is 16.3. The molecule has 0 saturated carbocycles. The minimum atomic E-state index is -0.428. The molecular formula is C24H24FNO3. The zero-order valence-electron chi connectivity index (χ0n) is 16.3. The SMILES string of the molecule is C[C@H](O)CN(Cc1ccc(-c2ccc(F)cc2)cc1)Cc1ccc2c(c1)OCO2. The normalized spacial score (nSPS) is 13.7. The van der Waals surface area contributed by atoms with Crippen molar-refractivity contribution < 1.29 is 19.0 Å². The van der Waals surface area contributed by atoms with E-state index < -0.39 is 6.10 Å². The third-order valence-electron chi connectivity index (χ3n) is 4.90. The van der Waals surface area contributed by atoms with E-state index in [2.05, 4.69) is 17.0 Å². The average molecular weight is 393 g/mol. The number of fused-ring (bicyclic) bond motifs is 1. The molecule has 0 radical (unpaired) electrons. The topological polar surface area (TPSA) is 41.9 Å². The van der Waals surface area contributed by atoms with E-state index in [1.807, 2.05) is 30.3 Å². The number of ether oxygens (including phenoxy) is 2. The maximum absolute atomic E-state index is 13.1. The lowest BCUT2D eigenvalue weighted by atomic mass is 10.0. The van der Waals surface area contributed by atoms with Crippen LogP contribution in [0.3, 0.4) is 0 Å². The van der Waals surface area contributed by atoms with Crippen LogP contribution in [-0.2, 0) is 13.1 Å². The Labute approximate surface area is 170 Å². The summed E-state index contributed by atoms with van der Waals surface area (Å²) in [5, 5.41) is 9.93. The molecule has 0 amide bonds. The zero-order chi connectivity index (χ0) is 20.2. The molecule has 3 aromatic carbocycles. The van der Waals surface area contributed by atoms with Crippen LogP contribution in [0.25, 0.3) is 11.1 Å². The highest BCUT2D eigenvalue weighted by atomic mass is 19.1. The van der Waals surface area contributed by atoms with Gasteiger partial charge in [0.1, 0.15) is 5.82 Å². The summed E-state index contributed by atoms with van der Waals surface area (Å²) in [5.74, 6) is 1.30. The van der Waals surface area contributed by atoms with E-state index in [4.69, 9.17) is 9.47 Å². The number of hydrogen-bond acceptors (Lipinski definition) is 4. The molecule has 0 fully saturated rings. The highest BCUT2D eigenvalue weighted by Gasteiger charge is 2.16. The first-order chi connectivity index (χ1) is 14.1. The fourth-order valence-electron chi connectivity index (χ4n) is 3.56. The Morgan fingerprint density at radius 3 is 2.14 bits per heavy atom. The smallest absolute Gasteiger partial charge is 0.231 e. The molecular weight excluding hydrogens is 369 g/mol. The van der Waals surface area contributed by atoms with Crippen LogP contribution in [0.5, 0.6) is 11.5 Å². The van der Waals surface area contributed by atoms with E-state index in [1.165, 1.54) is 12.1 Å². The quantitative estimate of drug-likeness (QED) is 0.637. The Balaban J connectivity index is 1.47. The second-order valence-electron chi connectivity index (χ2n) is 7.41. The van der Waals surface area contributed by atoms with E-state index in [1.54, 1.807) is 19.1 Å². The van der Waals surface area contributed by atoms with Gasteiger partial charge >= 0.3 is 0 Å². The third-order valence-corrected chi connectivity index (χ3v) is 4.90. The van der Waals surface area contributed by atoms with Gasteiger partial charge in [-0.2, -0.15) is 0 Å². The summed E-state index contributed by atoms with van der Waals surface area (Å²) in [7, 11) is 0. The first-order valence-corrected chi connectivity index (χ1v) is 9.70. The van der Waals surface area contributed by atoms with Gasteiger partial charge in [0.25, 0.3) is 0 Å². The second-order valence-corrected chi connectivity index (χ2v) is 7.41. The molecule has 4 nitrogen and oxygen atoms in total. The monoisotopic (exact) mass is 393 g/mol. The van der Waals surface area contributed by atoms with Crippen molar-refractivity contribution in [1.29, 1.82) is 0 Å². The summed E-state index contributed by atoms with van der Waals surface area (Å²) in [6.45, 7) is 4.03. The van der Waals surface area contributed by atoms with Crippen molar-refractivity contribution in [3.63, 3.8) is 0 Å². The Kier molecular flexibility index (Phi) is 5.79. The molecule has 5 heteroatoms. The summed E-state index contributed by atoms with van der Waals surface area (Å²) in [4.78, 5) is 2.20. The summed E-state index contributed by atoms with van der Waals surface area (Å²) < 4.78 is 24.0. The van der Waals surface area contributed by atoms with E-state index >= 15 is 0 Å². The van der Waals surface area contributed by atoms with E-state index in [-0.39, 0.29) is 12.6 Å². The van der Waals surface area contributed by atoms with E-state index in [0.29, 0.717) is 19.6 Å². The van der Waals surface area contributed by atoms with Gasteiger partial charge in [-0.05, 0) is 53.4 Å². The minimum Gasteiger partial charge on any atom is -0.454 e. The van der Waals surface area contributed by atoms with E-state index in [9.17, 15) is 9.50 Å². The van der Waals surface area contributed by atoms with Gasteiger partial charge in [0.15, 0.2) is 11.5 Å². The number of halogens is 1. The van der Waals surface area contributed by atoms with Crippen LogP contribution in [0.15, 0.2) is 66.7 Å². The summed E-state index contributed by atoms with van der Waals surface area (Å²) in [6.07, 6.45) is -0.428. The highest BCUT2D eigenvalue weighted by molar-refractivity contribution is 5.63. The molecule has 3 aromatic rings. The molecule has 0 spiro atoms. The standard InChI is InChI=1S/C24H24FNO3/c1-17(27)13-26(15-19-4-11-23-24(12-19)29-16-28-23)14-18-2-5-20(6-3-18)21-7-9-22(25)10-8-21/h2-12,17,27H,13-16H2,1H3/t17-/m0/s1. The summed E-state index contributed by atoms with van der Waals surface area (Å²) >= 11 is 0. The molecule has 1 heterocycles. The molecule has 150 valence electrons. The molecule has 0 unspecified atom stereocenters.